The van der Waals surface area contributed by atoms with Crippen molar-refractivity contribution in [2.24, 2.45) is 0 Å². The highest BCUT2D eigenvalue weighted by atomic mass is 16.4. The van der Waals surface area contributed by atoms with Crippen molar-refractivity contribution in [2.45, 2.75) is 6.42 Å². The van der Waals surface area contributed by atoms with Crippen molar-refractivity contribution in [3.8, 4) is 0 Å². The Kier molecular flexibility index (Phi) is 2.44. The molecule has 2 heterocycles. The van der Waals surface area contributed by atoms with Gasteiger partial charge in [-0.15, -0.1) is 10.2 Å². The van der Waals surface area contributed by atoms with Gasteiger partial charge >= 0.3 is 5.97 Å². The van der Waals surface area contributed by atoms with Crippen LogP contribution < -0.4 is 4.90 Å². The van der Waals surface area contributed by atoms with E-state index in [2.05, 4.69) is 16.3 Å². The van der Waals surface area contributed by atoms with Gasteiger partial charge in [0, 0.05) is 12.2 Å². The number of anilines is 2. The average molecular weight is 241 g/mol. The molecule has 90 valence electrons. The zero-order valence-corrected chi connectivity index (χ0v) is 9.58. The number of para-hydroxylation sites is 1. The highest BCUT2D eigenvalue weighted by molar-refractivity contribution is 5.85. The molecular weight excluding hydrogens is 230 g/mol. The van der Waals surface area contributed by atoms with Crippen LogP contribution in [0.3, 0.4) is 0 Å². The average Bonchev–Trinajstić information content (AvgIpc) is 2.82. The maximum Gasteiger partial charge on any atom is 0.356 e. The number of rotatable bonds is 2. The van der Waals surface area contributed by atoms with E-state index in [1.54, 1.807) is 6.07 Å². The number of nitrogens with zero attached hydrogens (tertiary/aromatic N) is 3. The summed E-state index contributed by atoms with van der Waals surface area (Å²) in [7, 11) is 0. The second-order valence-corrected chi connectivity index (χ2v) is 4.11. The molecule has 0 aliphatic carbocycles. The third-order valence-corrected chi connectivity index (χ3v) is 3.03. The van der Waals surface area contributed by atoms with Crippen molar-refractivity contribution in [3.05, 3.63) is 47.7 Å². The number of fused-ring (bicyclic) bond motifs is 1. The van der Waals surface area contributed by atoms with Crippen LogP contribution in [0.25, 0.3) is 0 Å². The quantitative estimate of drug-likeness (QED) is 0.869. The summed E-state index contributed by atoms with van der Waals surface area (Å²) in [5.74, 6) is -0.374. The van der Waals surface area contributed by atoms with Crippen LogP contribution in [0, 0.1) is 0 Å². The predicted octanol–water partition coefficient (Wildman–Crippen LogP) is 1.87. The van der Waals surface area contributed by atoms with Crippen LogP contribution in [0.5, 0.6) is 0 Å². The normalized spacial score (nSPS) is 13.4. The molecule has 1 aromatic heterocycles. The maximum absolute atomic E-state index is 10.7. The van der Waals surface area contributed by atoms with Crippen LogP contribution in [-0.2, 0) is 6.42 Å². The van der Waals surface area contributed by atoms with Crippen molar-refractivity contribution in [1.29, 1.82) is 0 Å². The van der Waals surface area contributed by atoms with Crippen molar-refractivity contribution >= 4 is 17.5 Å². The molecule has 1 aliphatic rings. The maximum atomic E-state index is 10.7. The molecule has 1 N–H and O–H groups in total. The molecule has 0 amide bonds. The van der Waals surface area contributed by atoms with Gasteiger partial charge in [0.1, 0.15) is 0 Å². The van der Waals surface area contributed by atoms with E-state index in [4.69, 9.17) is 5.11 Å². The van der Waals surface area contributed by atoms with Gasteiger partial charge in [0.2, 0.25) is 0 Å². The third-order valence-electron chi connectivity index (χ3n) is 3.03. The van der Waals surface area contributed by atoms with E-state index in [1.165, 1.54) is 11.6 Å². The fourth-order valence-corrected chi connectivity index (χ4v) is 2.16. The highest BCUT2D eigenvalue weighted by Gasteiger charge is 2.21. The van der Waals surface area contributed by atoms with Crippen LogP contribution in [0.15, 0.2) is 36.4 Å². The monoisotopic (exact) mass is 241 g/mol. The molecule has 1 aliphatic heterocycles. The Balaban J connectivity index is 1.95. The van der Waals surface area contributed by atoms with E-state index in [0.717, 1.165) is 18.7 Å². The third kappa shape index (κ3) is 1.69. The minimum Gasteiger partial charge on any atom is -0.476 e. The zero-order valence-electron chi connectivity index (χ0n) is 9.58. The zero-order chi connectivity index (χ0) is 12.5. The summed E-state index contributed by atoms with van der Waals surface area (Å²) < 4.78 is 0. The van der Waals surface area contributed by atoms with Gasteiger partial charge in [-0.1, -0.05) is 18.2 Å². The molecule has 3 rings (SSSR count). The standard InChI is InChI=1S/C13H11N3O2/c17-13(18)10-5-6-12(15-14-10)16-8-7-9-3-1-2-4-11(9)16/h1-6H,7-8H2,(H,17,18). The van der Waals surface area contributed by atoms with Crippen LogP contribution in [0.4, 0.5) is 11.5 Å². The Hall–Kier alpha value is -2.43. The van der Waals surface area contributed by atoms with Gasteiger partial charge in [0.05, 0.1) is 0 Å². The van der Waals surface area contributed by atoms with Gasteiger partial charge in [-0.05, 0) is 30.2 Å². The molecule has 0 unspecified atom stereocenters. The Bertz CT molecular complexity index is 595. The molecule has 0 spiro atoms. The molecule has 0 fully saturated rings. The molecule has 5 heteroatoms. The van der Waals surface area contributed by atoms with E-state index in [9.17, 15) is 4.79 Å². The first-order chi connectivity index (χ1) is 8.75. The largest absolute Gasteiger partial charge is 0.476 e. The van der Waals surface area contributed by atoms with Crippen molar-refractivity contribution in [3.63, 3.8) is 0 Å². The molecule has 0 atom stereocenters. The lowest BCUT2D eigenvalue weighted by Crippen LogP contribution is -2.16. The van der Waals surface area contributed by atoms with E-state index < -0.39 is 5.97 Å². The summed E-state index contributed by atoms with van der Waals surface area (Å²) in [5, 5.41) is 16.5. The second-order valence-electron chi connectivity index (χ2n) is 4.11. The van der Waals surface area contributed by atoms with Gasteiger partial charge < -0.3 is 10.0 Å². The van der Waals surface area contributed by atoms with Crippen molar-refractivity contribution in [1.82, 2.24) is 10.2 Å². The number of hydrogen-bond donors (Lipinski definition) is 1. The van der Waals surface area contributed by atoms with Crippen molar-refractivity contribution in [2.75, 3.05) is 11.4 Å². The molecule has 0 saturated carbocycles. The second kappa shape index (κ2) is 4.10. The number of carboxylic acids is 1. The molecule has 18 heavy (non-hydrogen) atoms. The van der Waals surface area contributed by atoms with Crippen LogP contribution in [0.1, 0.15) is 16.1 Å². The number of aromatic nitrogens is 2. The molecule has 0 saturated heterocycles. The lowest BCUT2D eigenvalue weighted by Gasteiger charge is -2.17. The van der Waals surface area contributed by atoms with E-state index in [1.807, 2.05) is 23.1 Å². The topological polar surface area (TPSA) is 66.3 Å². The lowest BCUT2D eigenvalue weighted by molar-refractivity contribution is 0.0689. The number of hydrogen-bond acceptors (Lipinski definition) is 4. The SMILES string of the molecule is O=C(O)c1ccc(N2CCc3ccccc32)nn1. The molecule has 0 radical (unpaired) electrons. The Morgan fingerprint density at radius 3 is 2.72 bits per heavy atom. The summed E-state index contributed by atoms with van der Waals surface area (Å²) in [6.07, 6.45) is 0.971. The summed E-state index contributed by atoms with van der Waals surface area (Å²) >= 11 is 0. The minimum atomic E-state index is -1.06. The van der Waals surface area contributed by atoms with E-state index >= 15 is 0 Å². The van der Waals surface area contributed by atoms with Gasteiger partial charge in [-0.2, -0.15) is 0 Å². The van der Waals surface area contributed by atoms with Gasteiger partial charge in [-0.3, -0.25) is 0 Å². The van der Waals surface area contributed by atoms with E-state index in [0.29, 0.717) is 5.82 Å². The fraction of sp³-hybridized carbons (Fsp3) is 0.154. The Morgan fingerprint density at radius 2 is 2.00 bits per heavy atom. The first kappa shape index (κ1) is 10.7. The summed E-state index contributed by atoms with van der Waals surface area (Å²) in [6, 6.07) is 11.3. The molecule has 1 aromatic carbocycles. The number of aromatic carboxylic acids is 1. The molecule has 0 bridgehead atoms. The number of benzene rings is 1. The molecule has 5 nitrogen and oxygen atoms in total. The summed E-state index contributed by atoms with van der Waals surface area (Å²) in [4.78, 5) is 12.8. The summed E-state index contributed by atoms with van der Waals surface area (Å²) in [5.41, 5.74) is 2.36. The van der Waals surface area contributed by atoms with Gasteiger partial charge in [-0.25, -0.2) is 4.79 Å². The number of carbonyl (C=O) groups is 1. The highest BCUT2D eigenvalue weighted by Crippen LogP contribution is 2.32. The first-order valence-corrected chi connectivity index (χ1v) is 5.68. The van der Waals surface area contributed by atoms with E-state index in [-0.39, 0.29) is 5.69 Å². The lowest BCUT2D eigenvalue weighted by atomic mass is 10.2. The Labute approximate surface area is 104 Å². The first-order valence-electron chi connectivity index (χ1n) is 5.68. The van der Waals surface area contributed by atoms with Crippen LogP contribution in [-0.4, -0.2) is 27.8 Å². The fourth-order valence-electron chi connectivity index (χ4n) is 2.16. The summed E-state index contributed by atoms with van der Waals surface area (Å²) in [6.45, 7) is 0.848. The molecule has 2 aromatic rings. The minimum absolute atomic E-state index is 0.0359. The number of carboxylic acid groups (broad SMARTS) is 1. The molecular formula is C13H11N3O2. The van der Waals surface area contributed by atoms with Gasteiger partial charge in [0.25, 0.3) is 0 Å². The van der Waals surface area contributed by atoms with Gasteiger partial charge in [0.15, 0.2) is 11.5 Å². The van der Waals surface area contributed by atoms with Crippen LogP contribution in [0.2, 0.25) is 0 Å². The predicted molar refractivity (Wildman–Crippen MR) is 66.1 cm³/mol. The van der Waals surface area contributed by atoms with Crippen LogP contribution >= 0.6 is 0 Å². The Morgan fingerprint density at radius 1 is 1.17 bits per heavy atom. The van der Waals surface area contributed by atoms with Crippen molar-refractivity contribution < 1.29 is 9.90 Å². The smallest absolute Gasteiger partial charge is 0.356 e.